The minimum absolute atomic E-state index is 0.127. The molecule has 1 rings (SSSR count). The molecule has 92 valence electrons. The second-order valence-corrected chi connectivity index (χ2v) is 4.54. The maximum atomic E-state index is 11.9. The van der Waals surface area contributed by atoms with E-state index in [2.05, 4.69) is 10.3 Å². The lowest BCUT2D eigenvalue weighted by molar-refractivity contribution is -0.138. The Morgan fingerprint density at radius 3 is 2.65 bits per heavy atom. The molecule has 0 aromatic carbocycles. The van der Waals surface area contributed by atoms with Crippen LogP contribution in [0.5, 0.6) is 0 Å². The lowest BCUT2D eigenvalue weighted by atomic mass is 10.00. The zero-order chi connectivity index (χ0) is 13.1. The van der Waals surface area contributed by atoms with Crippen LogP contribution in [-0.2, 0) is 4.79 Å². The molecule has 5 heteroatoms. The number of hydrogen-bond donors (Lipinski definition) is 2. The fourth-order valence-electron chi connectivity index (χ4n) is 1.52. The molecule has 0 spiro atoms. The molecule has 0 unspecified atom stereocenters. The number of rotatable bonds is 4. The zero-order valence-corrected chi connectivity index (χ0v) is 10.2. The molecule has 0 fully saturated rings. The molecule has 0 aliphatic heterocycles. The molecule has 17 heavy (non-hydrogen) atoms. The van der Waals surface area contributed by atoms with Crippen LogP contribution in [-0.4, -0.2) is 27.5 Å². The average molecular weight is 236 g/mol. The number of amides is 1. The molecule has 1 aromatic heterocycles. The van der Waals surface area contributed by atoms with Gasteiger partial charge in [0.2, 0.25) is 0 Å². The van der Waals surface area contributed by atoms with Crippen LogP contribution in [0.2, 0.25) is 0 Å². The Hall–Kier alpha value is -1.91. The van der Waals surface area contributed by atoms with Crippen LogP contribution in [0.4, 0.5) is 0 Å². The van der Waals surface area contributed by atoms with Crippen LogP contribution >= 0.6 is 0 Å². The first kappa shape index (κ1) is 13.2. The van der Waals surface area contributed by atoms with E-state index in [4.69, 9.17) is 5.11 Å². The molecule has 0 saturated carbocycles. The van der Waals surface area contributed by atoms with Crippen molar-refractivity contribution in [2.24, 2.45) is 0 Å². The smallest absolute Gasteiger partial charge is 0.305 e. The summed E-state index contributed by atoms with van der Waals surface area (Å²) >= 11 is 0. The van der Waals surface area contributed by atoms with E-state index in [1.165, 1.54) is 0 Å². The van der Waals surface area contributed by atoms with Gasteiger partial charge in [-0.15, -0.1) is 0 Å². The molecule has 0 saturated heterocycles. The Balaban J connectivity index is 2.79. The first-order valence-corrected chi connectivity index (χ1v) is 5.28. The average Bonchev–Trinajstić information content (AvgIpc) is 2.14. The lowest BCUT2D eigenvalue weighted by Crippen LogP contribution is -2.45. The third kappa shape index (κ3) is 3.86. The van der Waals surface area contributed by atoms with Crippen molar-refractivity contribution < 1.29 is 14.7 Å². The molecular weight excluding hydrogens is 220 g/mol. The molecule has 1 aromatic rings. The van der Waals surface area contributed by atoms with Gasteiger partial charge in [-0.25, -0.2) is 0 Å². The number of nitrogens with one attached hydrogen (secondary N) is 1. The number of aromatic nitrogens is 1. The number of pyridine rings is 1. The molecule has 0 bridgehead atoms. The largest absolute Gasteiger partial charge is 0.481 e. The van der Waals surface area contributed by atoms with Crippen molar-refractivity contribution in [3.05, 3.63) is 29.6 Å². The first-order valence-electron chi connectivity index (χ1n) is 5.28. The summed E-state index contributed by atoms with van der Waals surface area (Å²) in [6.45, 7) is 5.08. The summed E-state index contributed by atoms with van der Waals surface area (Å²) in [5, 5.41) is 11.4. The van der Waals surface area contributed by atoms with Crippen molar-refractivity contribution in [3.8, 4) is 0 Å². The van der Waals surface area contributed by atoms with E-state index in [-0.39, 0.29) is 12.3 Å². The first-order chi connectivity index (χ1) is 7.82. The number of carboxylic acids is 1. The van der Waals surface area contributed by atoms with Crippen LogP contribution < -0.4 is 5.32 Å². The molecule has 0 aliphatic carbocycles. The topological polar surface area (TPSA) is 79.3 Å². The van der Waals surface area contributed by atoms with E-state index in [0.29, 0.717) is 11.3 Å². The summed E-state index contributed by atoms with van der Waals surface area (Å²) in [6, 6.07) is 3.33. The zero-order valence-electron chi connectivity index (χ0n) is 10.2. The van der Waals surface area contributed by atoms with E-state index in [0.717, 1.165) is 0 Å². The Morgan fingerprint density at radius 1 is 1.47 bits per heavy atom. The Kier molecular flexibility index (Phi) is 3.83. The van der Waals surface area contributed by atoms with Gasteiger partial charge in [0.1, 0.15) is 0 Å². The van der Waals surface area contributed by atoms with Gasteiger partial charge in [-0.2, -0.15) is 0 Å². The van der Waals surface area contributed by atoms with Gasteiger partial charge >= 0.3 is 5.97 Å². The van der Waals surface area contributed by atoms with Crippen molar-refractivity contribution in [2.75, 3.05) is 0 Å². The minimum Gasteiger partial charge on any atom is -0.481 e. The summed E-state index contributed by atoms with van der Waals surface area (Å²) in [5.74, 6) is -1.25. The fraction of sp³-hybridized carbons (Fsp3) is 0.417. The van der Waals surface area contributed by atoms with Gasteiger partial charge in [-0.1, -0.05) is 0 Å². The highest BCUT2D eigenvalue weighted by Gasteiger charge is 2.24. The number of nitrogens with zero attached hydrogens (tertiary/aromatic N) is 1. The highest BCUT2D eigenvalue weighted by atomic mass is 16.4. The molecular formula is C12H16N2O3. The van der Waals surface area contributed by atoms with E-state index < -0.39 is 11.5 Å². The van der Waals surface area contributed by atoms with Crippen molar-refractivity contribution in [1.82, 2.24) is 10.3 Å². The molecule has 0 atom stereocenters. The minimum atomic E-state index is -0.946. The summed E-state index contributed by atoms with van der Waals surface area (Å²) in [5.41, 5.74) is 0.299. The van der Waals surface area contributed by atoms with Crippen LogP contribution in [0.3, 0.4) is 0 Å². The third-order valence-electron chi connectivity index (χ3n) is 2.30. The maximum absolute atomic E-state index is 11.9. The molecule has 0 aliphatic rings. The van der Waals surface area contributed by atoms with Gasteiger partial charge in [0.25, 0.3) is 5.91 Å². The highest BCUT2D eigenvalue weighted by Crippen LogP contribution is 2.11. The van der Waals surface area contributed by atoms with Gasteiger partial charge in [-0.3, -0.25) is 14.6 Å². The molecule has 0 radical (unpaired) electrons. The summed E-state index contributed by atoms with van der Waals surface area (Å²) < 4.78 is 0. The quantitative estimate of drug-likeness (QED) is 0.827. The van der Waals surface area contributed by atoms with Crippen molar-refractivity contribution in [2.45, 2.75) is 32.7 Å². The van der Waals surface area contributed by atoms with Gasteiger partial charge in [0, 0.05) is 17.4 Å². The van der Waals surface area contributed by atoms with E-state index in [1.807, 2.05) is 0 Å². The second-order valence-electron chi connectivity index (χ2n) is 4.54. The normalized spacial score (nSPS) is 11.0. The molecule has 5 nitrogen and oxygen atoms in total. The van der Waals surface area contributed by atoms with Crippen molar-refractivity contribution >= 4 is 11.9 Å². The van der Waals surface area contributed by atoms with Crippen molar-refractivity contribution in [1.29, 1.82) is 0 Å². The Morgan fingerprint density at radius 2 is 2.12 bits per heavy atom. The van der Waals surface area contributed by atoms with E-state index in [9.17, 15) is 9.59 Å². The van der Waals surface area contributed by atoms with E-state index >= 15 is 0 Å². The summed E-state index contributed by atoms with van der Waals surface area (Å²) in [7, 11) is 0. The van der Waals surface area contributed by atoms with Crippen molar-refractivity contribution in [3.63, 3.8) is 0 Å². The third-order valence-corrected chi connectivity index (χ3v) is 2.30. The number of carbonyl (C=O) groups excluding carboxylic acids is 1. The number of carboxylic acid groups (broad SMARTS) is 1. The van der Waals surface area contributed by atoms with Crippen LogP contribution in [0.1, 0.15) is 36.3 Å². The molecule has 2 N–H and O–H groups in total. The van der Waals surface area contributed by atoms with Gasteiger partial charge < -0.3 is 10.4 Å². The fourth-order valence-corrected chi connectivity index (χ4v) is 1.52. The standard InChI is InChI=1S/C12H16N2O3/c1-8-9(5-4-6-13-8)11(17)14-12(2,3)7-10(15)16/h4-6H,7H2,1-3H3,(H,14,17)(H,15,16). The SMILES string of the molecule is Cc1ncccc1C(=O)NC(C)(C)CC(=O)O. The summed E-state index contributed by atoms with van der Waals surface area (Å²) in [6.07, 6.45) is 1.48. The summed E-state index contributed by atoms with van der Waals surface area (Å²) in [4.78, 5) is 26.6. The predicted octanol–water partition coefficient (Wildman–Crippen LogP) is 1.37. The van der Waals surface area contributed by atoms with Gasteiger partial charge in [-0.05, 0) is 32.9 Å². The highest BCUT2D eigenvalue weighted by molar-refractivity contribution is 5.95. The molecule has 1 heterocycles. The monoisotopic (exact) mass is 236 g/mol. The number of carbonyl (C=O) groups is 2. The second kappa shape index (κ2) is 4.95. The van der Waals surface area contributed by atoms with Crippen LogP contribution in [0, 0.1) is 6.92 Å². The number of hydrogen-bond acceptors (Lipinski definition) is 3. The molecule has 1 amide bonds. The lowest BCUT2D eigenvalue weighted by Gasteiger charge is -2.24. The van der Waals surface area contributed by atoms with Crippen LogP contribution in [0.25, 0.3) is 0 Å². The van der Waals surface area contributed by atoms with E-state index in [1.54, 1.807) is 39.1 Å². The predicted molar refractivity (Wildman–Crippen MR) is 62.8 cm³/mol. The maximum Gasteiger partial charge on any atom is 0.305 e. The van der Waals surface area contributed by atoms with Crippen LogP contribution in [0.15, 0.2) is 18.3 Å². The van der Waals surface area contributed by atoms with Gasteiger partial charge in [0.15, 0.2) is 0 Å². The Bertz CT molecular complexity index is 441. The Labute approximate surface area is 99.9 Å². The number of aliphatic carboxylic acids is 1. The number of aryl methyl sites for hydroxylation is 1. The van der Waals surface area contributed by atoms with Gasteiger partial charge in [0.05, 0.1) is 12.0 Å².